The Hall–Kier alpha value is -3.01. The lowest BCUT2D eigenvalue weighted by molar-refractivity contribution is -0.150. The Morgan fingerprint density at radius 3 is 2.16 bits per heavy atom. The molecule has 0 amide bonds. The van der Waals surface area contributed by atoms with Gasteiger partial charge in [0.1, 0.15) is 12.6 Å². The van der Waals surface area contributed by atoms with Crippen molar-refractivity contribution in [3.05, 3.63) is 70.9 Å². The van der Waals surface area contributed by atoms with Crippen molar-refractivity contribution in [2.75, 3.05) is 14.1 Å². The van der Waals surface area contributed by atoms with Gasteiger partial charge in [0.05, 0.1) is 11.1 Å². The highest BCUT2D eigenvalue weighted by Crippen LogP contribution is 2.36. The summed E-state index contributed by atoms with van der Waals surface area (Å²) >= 11 is 0. The van der Waals surface area contributed by atoms with Gasteiger partial charge < -0.3 is 9.72 Å². The van der Waals surface area contributed by atoms with Gasteiger partial charge in [0.25, 0.3) is 0 Å². The van der Waals surface area contributed by atoms with E-state index in [1.807, 2.05) is 24.3 Å². The minimum atomic E-state index is -4.97. The zero-order valence-corrected chi connectivity index (χ0v) is 17.1. The van der Waals surface area contributed by atoms with Crippen molar-refractivity contribution in [3.8, 4) is 0 Å². The highest BCUT2D eigenvalue weighted by atomic mass is 19.4. The fourth-order valence-corrected chi connectivity index (χ4v) is 3.34. The Kier molecular flexibility index (Phi) is 6.54. The van der Waals surface area contributed by atoms with Crippen LogP contribution in [0, 0.1) is 0 Å². The number of carbonyl (C=O) groups is 1. The molecule has 0 saturated carbocycles. The van der Waals surface area contributed by atoms with E-state index in [4.69, 9.17) is 4.74 Å². The van der Waals surface area contributed by atoms with Crippen molar-refractivity contribution in [1.29, 1.82) is 0 Å². The molecule has 10 heteroatoms. The molecule has 1 atom stereocenters. The Labute approximate surface area is 179 Å². The Morgan fingerprint density at radius 2 is 1.59 bits per heavy atom. The third-order valence-electron chi connectivity index (χ3n) is 5.01. The number of fused-ring (bicyclic) bond motifs is 1. The zero-order valence-electron chi connectivity index (χ0n) is 17.1. The van der Waals surface area contributed by atoms with E-state index < -0.39 is 47.7 Å². The second kappa shape index (κ2) is 8.85. The van der Waals surface area contributed by atoms with Crippen LogP contribution in [0.3, 0.4) is 0 Å². The molecule has 0 aliphatic rings. The summed E-state index contributed by atoms with van der Waals surface area (Å²) in [6, 6.07) is 7.78. The number of nitrogens with one attached hydrogen (secondary N) is 1. The molecule has 1 heterocycles. The molecule has 172 valence electrons. The van der Waals surface area contributed by atoms with Gasteiger partial charge in [-0.05, 0) is 49.5 Å². The van der Waals surface area contributed by atoms with E-state index in [1.165, 1.54) is 0 Å². The summed E-state index contributed by atoms with van der Waals surface area (Å²) in [6.45, 7) is -0.718. The number of nitrogens with zero attached hydrogens (tertiary/aromatic N) is 1. The van der Waals surface area contributed by atoms with E-state index in [2.05, 4.69) is 4.98 Å². The number of aromatic amines is 1. The Balaban J connectivity index is 1.79. The van der Waals surface area contributed by atoms with Gasteiger partial charge in [-0.3, -0.25) is 9.69 Å². The maximum absolute atomic E-state index is 13.0. The average molecular weight is 458 g/mol. The third-order valence-corrected chi connectivity index (χ3v) is 5.01. The van der Waals surface area contributed by atoms with Crippen molar-refractivity contribution < 1.29 is 35.9 Å². The second-order valence-electron chi connectivity index (χ2n) is 7.56. The largest absolute Gasteiger partial charge is 0.460 e. The highest BCUT2D eigenvalue weighted by molar-refractivity contribution is 5.84. The lowest BCUT2D eigenvalue weighted by Gasteiger charge is -2.22. The number of halogens is 6. The molecule has 0 aliphatic carbocycles. The number of rotatable bonds is 6. The molecule has 0 radical (unpaired) electrons. The number of hydrogen-bond donors (Lipinski definition) is 1. The normalized spacial score (nSPS) is 13.5. The quantitative estimate of drug-likeness (QED) is 0.396. The van der Waals surface area contributed by atoms with Gasteiger partial charge in [0, 0.05) is 23.5 Å². The number of hydrogen-bond acceptors (Lipinski definition) is 3. The van der Waals surface area contributed by atoms with Gasteiger partial charge in [-0.1, -0.05) is 18.2 Å². The standard InChI is InChI=1S/C22H20F6N2O2/c1-30(2)19(9-14-11-29-18-6-4-3-5-17(14)18)20(31)32-12-13-7-15(21(23,24)25)10-16(8-13)22(26,27)28/h3-8,10-11,19,29H,9,12H2,1-2H3. The molecule has 0 saturated heterocycles. The van der Waals surface area contributed by atoms with Crippen LogP contribution in [0.5, 0.6) is 0 Å². The number of aromatic nitrogens is 1. The summed E-state index contributed by atoms with van der Waals surface area (Å²) in [5.74, 6) is -0.758. The summed E-state index contributed by atoms with van der Waals surface area (Å²) in [6.07, 6.45) is -7.95. The lowest BCUT2D eigenvalue weighted by Crippen LogP contribution is -2.38. The number of ether oxygens (including phenoxy) is 1. The lowest BCUT2D eigenvalue weighted by atomic mass is 10.0. The van der Waals surface area contributed by atoms with Crippen molar-refractivity contribution in [2.24, 2.45) is 0 Å². The van der Waals surface area contributed by atoms with E-state index in [0.717, 1.165) is 16.5 Å². The maximum Gasteiger partial charge on any atom is 0.416 e. The minimum absolute atomic E-state index is 0.0327. The molecule has 0 aliphatic heterocycles. The minimum Gasteiger partial charge on any atom is -0.460 e. The monoisotopic (exact) mass is 458 g/mol. The van der Waals surface area contributed by atoms with E-state index >= 15 is 0 Å². The molecule has 2 aromatic carbocycles. The molecule has 1 N–H and O–H groups in total. The summed E-state index contributed by atoms with van der Waals surface area (Å²) in [4.78, 5) is 17.3. The molecule has 0 fully saturated rings. The number of esters is 1. The number of likely N-dealkylation sites (N-methyl/N-ethyl adjacent to an activating group) is 1. The van der Waals surface area contributed by atoms with E-state index in [-0.39, 0.29) is 12.5 Å². The molecule has 1 unspecified atom stereocenters. The first kappa shape index (κ1) is 23.6. The van der Waals surface area contributed by atoms with Crippen LogP contribution >= 0.6 is 0 Å². The first-order valence-corrected chi connectivity index (χ1v) is 9.52. The van der Waals surface area contributed by atoms with Crippen LogP contribution < -0.4 is 0 Å². The topological polar surface area (TPSA) is 45.3 Å². The molecule has 3 rings (SSSR count). The number of benzene rings is 2. The Bertz CT molecular complexity index is 1070. The molecule has 0 bridgehead atoms. The number of H-pyrrole nitrogens is 1. The molecule has 32 heavy (non-hydrogen) atoms. The van der Waals surface area contributed by atoms with E-state index in [9.17, 15) is 31.1 Å². The molecule has 0 spiro atoms. The molecule has 4 nitrogen and oxygen atoms in total. The summed E-state index contributed by atoms with van der Waals surface area (Å²) < 4.78 is 83.3. The predicted octanol–water partition coefficient (Wildman–Crippen LogP) is 5.42. The van der Waals surface area contributed by atoms with Crippen LogP contribution in [0.2, 0.25) is 0 Å². The van der Waals surface area contributed by atoms with E-state index in [0.29, 0.717) is 12.1 Å². The highest BCUT2D eigenvalue weighted by Gasteiger charge is 2.37. The van der Waals surface area contributed by atoms with Crippen molar-refractivity contribution in [1.82, 2.24) is 9.88 Å². The van der Waals surface area contributed by atoms with Gasteiger partial charge in [-0.25, -0.2) is 0 Å². The maximum atomic E-state index is 13.0. The van der Waals surface area contributed by atoms with Crippen LogP contribution in [0.25, 0.3) is 10.9 Å². The molecular formula is C22H20F6N2O2. The van der Waals surface area contributed by atoms with Gasteiger partial charge in [0.15, 0.2) is 0 Å². The van der Waals surface area contributed by atoms with E-state index in [1.54, 1.807) is 25.2 Å². The van der Waals surface area contributed by atoms with Crippen molar-refractivity contribution in [2.45, 2.75) is 31.4 Å². The van der Waals surface area contributed by atoms with Gasteiger partial charge in [-0.15, -0.1) is 0 Å². The first-order valence-electron chi connectivity index (χ1n) is 9.52. The Morgan fingerprint density at radius 1 is 1.00 bits per heavy atom. The zero-order chi connectivity index (χ0) is 23.7. The third kappa shape index (κ3) is 5.42. The smallest absolute Gasteiger partial charge is 0.416 e. The molecule has 3 aromatic rings. The predicted molar refractivity (Wildman–Crippen MR) is 106 cm³/mol. The van der Waals surface area contributed by atoms with Crippen molar-refractivity contribution >= 4 is 16.9 Å². The van der Waals surface area contributed by atoms with Gasteiger partial charge in [0.2, 0.25) is 0 Å². The van der Waals surface area contributed by atoms with Crippen LogP contribution in [-0.2, 0) is 34.9 Å². The molecule has 1 aromatic heterocycles. The number of alkyl halides is 6. The SMILES string of the molecule is CN(C)C(Cc1c[nH]c2ccccc12)C(=O)OCc1cc(C(F)(F)F)cc(C(F)(F)F)c1. The van der Waals surface area contributed by atoms with Gasteiger partial charge in [-0.2, -0.15) is 26.3 Å². The fourth-order valence-electron chi connectivity index (χ4n) is 3.34. The van der Waals surface area contributed by atoms with Crippen LogP contribution in [-0.4, -0.2) is 36.0 Å². The molecular weight excluding hydrogens is 438 g/mol. The summed E-state index contributed by atoms with van der Waals surface area (Å²) in [5.41, 5.74) is -1.61. The fraction of sp³-hybridized carbons (Fsp3) is 0.318. The first-order chi connectivity index (χ1) is 14.9. The summed E-state index contributed by atoms with van der Waals surface area (Å²) in [7, 11) is 3.26. The van der Waals surface area contributed by atoms with Gasteiger partial charge >= 0.3 is 18.3 Å². The average Bonchev–Trinajstić information content (AvgIpc) is 3.11. The number of carbonyl (C=O) groups excluding carboxylic acids is 1. The number of para-hydroxylation sites is 1. The van der Waals surface area contributed by atoms with Crippen LogP contribution in [0.15, 0.2) is 48.7 Å². The van der Waals surface area contributed by atoms with Crippen LogP contribution in [0.4, 0.5) is 26.3 Å². The van der Waals surface area contributed by atoms with Crippen LogP contribution in [0.1, 0.15) is 22.3 Å². The summed E-state index contributed by atoms with van der Waals surface area (Å²) in [5, 5.41) is 0.903. The van der Waals surface area contributed by atoms with Crippen molar-refractivity contribution in [3.63, 3.8) is 0 Å². The second-order valence-corrected chi connectivity index (χ2v) is 7.56.